The van der Waals surface area contributed by atoms with Gasteiger partial charge < -0.3 is 4.90 Å². The normalized spacial score (nSPS) is 17.4. The van der Waals surface area contributed by atoms with Gasteiger partial charge in [0.1, 0.15) is 0 Å². The predicted octanol–water partition coefficient (Wildman–Crippen LogP) is 1.53. The van der Waals surface area contributed by atoms with Gasteiger partial charge in [0.2, 0.25) is 0 Å². The Bertz CT molecular complexity index is 1000. The lowest BCUT2D eigenvalue weighted by molar-refractivity contribution is 0.0787. The molecule has 1 aliphatic heterocycles. The molecule has 0 bridgehead atoms. The van der Waals surface area contributed by atoms with Crippen LogP contribution >= 0.6 is 0 Å². The third-order valence-corrected chi connectivity index (χ3v) is 4.82. The highest BCUT2D eigenvalue weighted by Gasteiger charge is 2.31. The van der Waals surface area contributed by atoms with Gasteiger partial charge >= 0.3 is 5.69 Å². The lowest BCUT2D eigenvalue weighted by Gasteiger charge is -2.17. The molecular weight excluding hydrogens is 318 g/mol. The number of hydrogen-bond donors (Lipinski definition) is 0. The van der Waals surface area contributed by atoms with Crippen molar-refractivity contribution in [1.29, 1.82) is 0 Å². The van der Waals surface area contributed by atoms with Crippen LogP contribution in [0.3, 0.4) is 0 Å². The fourth-order valence-corrected chi connectivity index (χ4v) is 3.43. The highest BCUT2D eigenvalue weighted by molar-refractivity contribution is 5.94. The topological polar surface area (TPSA) is 73.0 Å². The molecule has 0 unspecified atom stereocenters. The maximum absolute atomic E-state index is 12.7. The van der Waals surface area contributed by atoms with Gasteiger partial charge in [-0.05, 0) is 37.6 Å². The smallest absolute Gasteiger partial charge is 0.330 e. The Hall–Kier alpha value is -2.96. The maximum Gasteiger partial charge on any atom is 0.330 e. The molecular formula is C18H19N5O2. The van der Waals surface area contributed by atoms with Crippen LogP contribution in [0.4, 0.5) is 0 Å². The minimum absolute atomic E-state index is 0.0451. The molecule has 1 saturated heterocycles. The molecule has 7 nitrogen and oxygen atoms in total. The fourth-order valence-electron chi connectivity index (χ4n) is 3.43. The Kier molecular flexibility index (Phi) is 3.63. The second-order valence-electron chi connectivity index (χ2n) is 6.44. The Morgan fingerprint density at radius 2 is 2.08 bits per heavy atom. The van der Waals surface area contributed by atoms with Crippen molar-refractivity contribution in [2.45, 2.75) is 19.4 Å². The van der Waals surface area contributed by atoms with Crippen LogP contribution in [-0.4, -0.2) is 43.0 Å². The zero-order chi connectivity index (χ0) is 17.6. The summed E-state index contributed by atoms with van der Waals surface area (Å²) in [7, 11) is 1.75. The van der Waals surface area contributed by atoms with E-state index < -0.39 is 0 Å². The Morgan fingerprint density at radius 3 is 2.84 bits per heavy atom. The number of nitrogens with zero attached hydrogens (tertiary/aromatic N) is 5. The first-order valence-corrected chi connectivity index (χ1v) is 8.30. The number of rotatable bonds is 2. The molecule has 1 aliphatic rings. The number of carbonyl (C=O) groups is 1. The number of carbonyl (C=O) groups excluding carboxylic acids is 1. The monoisotopic (exact) mass is 337 g/mol. The SMILES string of the molecule is Cc1ccc(C(=O)N2CC[C@H](n3c(=O)n(C)c4cccnc43)C2)cn1. The number of aryl methyl sites for hydroxylation is 2. The van der Waals surface area contributed by atoms with E-state index >= 15 is 0 Å². The second-order valence-corrected chi connectivity index (χ2v) is 6.44. The molecule has 0 N–H and O–H groups in total. The molecule has 0 aromatic carbocycles. The van der Waals surface area contributed by atoms with Crippen molar-refractivity contribution in [1.82, 2.24) is 24.0 Å². The van der Waals surface area contributed by atoms with E-state index in [1.165, 1.54) is 0 Å². The lowest BCUT2D eigenvalue weighted by Crippen LogP contribution is -2.31. The first kappa shape index (κ1) is 15.6. The molecule has 0 saturated carbocycles. The van der Waals surface area contributed by atoms with Crippen LogP contribution in [0.25, 0.3) is 11.2 Å². The highest BCUT2D eigenvalue weighted by atomic mass is 16.2. The van der Waals surface area contributed by atoms with Gasteiger partial charge in [-0.3, -0.25) is 18.9 Å². The summed E-state index contributed by atoms with van der Waals surface area (Å²) in [6.07, 6.45) is 4.03. The van der Waals surface area contributed by atoms with E-state index in [4.69, 9.17) is 0 Å². The fraction of sp³-hybridized carbons (Fsp3) is 0.333. The van der Waals surface area contributed by atoms with Crippen LogP contribution in [0, 0.1) is 6.92 Å². The van der Waals surface area contributed by atoms with E-state index in [0.29, 0.717) is 24.3 Å². The molecule has 1 amide bonds. The molecule has 128 valence electrons. The zero-order valence-electron chi connectivity index (χ0n) is 14.2. The van der Waals surface area contributed by atoms with Crippen molar-refractivity contribution in [2.75, 3.05) is 13.1 Å². The van der Waals surface area contributed by atoms with Crippen molar-refractivity contribution >= 4 is 17.1 Å². The third kappa shape index (κ3) is 2.52. The van der Waals surface area contributed by atoms with Crippen LogP contribution in [0.2, 0.25) is 0 Å². The molecule has 3 aromatic heterocycles. The van der Waals surface area contributed by atoms with E-state index in [2.05, 4.69) is 9.97 Å². The van der Waals surface area contributed by atoms with Gasteiger partial charge in [0, 0.05) is 38.2 Å². The average molecular weight is 337 g/mol. The number of aromatic nitrogens is 4. The molecule has 1 atom stereocenters. The summed E-state index contributed by atoms with van der Waals surface area (Å²) < 4.78 is 3.33. The summed E-state index contributed by atoms with van der Waals surface area (Å²) >= 11 is 0. The van der Waals surface area contributed by atoms with Crippen molar-refractivity contribution in [3.63, 3.8) is 0 Å². The summed E-state index contributed by atoms with van der Waals surface area (Å²) in [6.45, 7) is 3.01. The number of fused-ring (bicyclic) bond motifs is 1. The summed E-state index contributed by atoms with van der Waals surface area (Å²) in [4.78, 5) is 35.6. The van der Waals surface area contributed by atoms with Crippen molar-refractivity contribution in [3.05, 3.63) is 58.4 Å². The van der Waals surface area contributed by atoms with Gasteiger partial charge in [0.25, 0.3) is 5.91 Å². The van der Waals surface area contributed by atoms with Crippen LogP contribution in [0.5, 0.6) is 0 Å². The van der Waals surface area contributed by atoms with Gasteiger partial charge in [-0.15, -0.1) is 0 Å². The van der Waals surface area contributed by atoms with E-state index in [-0.39, 0.29) is 17.6 Å². The van der Waals surface area contributed by atoms with Crippen LogP contribution in [-0.2, 0) is 7.05 Å². The summed E-state index contributed by atoms with van der Waals surface area (Å²) in [5, 5.41) is 0. The molecule has 4 heterocycles. The number of hydrogen-bond acceptors (Lipinski definition) is 4. The number of likely N-dealkylation sites (tertiary alicyclic amines) is 1. The highest BCUT2D eigenvalue weighted by Crippen LogP contribution is 2.25. The Balaban J connectivity index is 1.63. The van der Waals surface area contributed by atoms with E-state index in [1.807, 2.05) is 25.1 Å². The molecule has 0 radical (unpaired) electrons. The molecule has 3 aromatic rings. The quantitative estimate of drug-likeness (QED) is 0.711. The zero-order valence-corrected chi connectivity index (χ0v) is 14.2. The number of pyridine rings is 2. The van der Waals surface area contributed by atoms with E-state index in [1.54, 1.807) is 39.5 Å². The van der Waals surface area contributed by atoms with Gasteiger partial charge in [-0.25, -0.2) is 9.78 Å². The minimum Gasteiger partial charge on any atom is -0.336 e. The minimum atomic E-state index is -0.0926. The van der Waals surface area contributed by atoms with Crippen molar-refractivity contribution in [3.8, 4) is 0 Å². The summed E-state index contributed by atoms with van der Waals surface area (Å²) in [5.74, 6) is -0.0451. The number of imidazole rings is 1. The number of amides is 1. The van der Waals surface area contributed by atoms with E-state index in [0.717, 1.165) is 17.6 Å². The molecule has 7 heteroatoms. The summed E-state index contributed by atoms with van der Waals surface area (Å²) in [6, 6.07) is 7.27. The molecule has 0 aliphatic carbocycles. The molecule has 25 heavy (non-hydrogen) atoms. The lowest BCUT2D eigenvalue weighted by atomic mass is 10.2. The van der Waals surface area contributed by atoms with Gasteiger partial charge in [-0.1, -0.05) is 0 Å². The van der Waals surface area contributed by atoms with Crippen LogP contribution < -0.4 is 5.69 Å². The second kappa shape index (κ2) is 5.84. The standard InChI is InChI=1S/C18H19N5O2/c1-12-5-6-13(10-20-12)17(24)22-9-7-14(11-22)23-16-15(4-3-8-19-16)21(2)18(23)25/h3-6,8,10,14H,7,9,11H2,1-2H3/t14-/m0/s1. The first-order chi connectivity index (χ1) is 12.1. The van der Waals surface area contributed by atoms with Gasteiger partial charge in [0.05, 0.1) is 17.1 Å². The Labute approximate surface area is 144 Å². The van der Waals surface area contributed by atoms with Crippen LogP contribution in [0.15, 0.2) is 41.5 Å². The summed E-state index contributed by atoms with van der Waals surface area (Å²) in [5.41, 5.74) is 2.84. The average Bonchev–Trinajstić information content (AvgIpc) is 3.19. The molecule has 1 fully saturated rings. The Morgan fingerprint density at radius 1 is 1.24 bits per heavy atom. The first-order valence-electron chi connectivity index (χ1n) is 8.30. The van der Waals surface area contributed by atoms with Gasteiger partial charge in [0.15, 0.2) is 5.65 Å². The van der Waals surface area contributed by atoms with Gasteiger partial charge in [-0.2, -0.15) is 0 Å². The molecule has 4 rings (SSSR count). The maximum atomic E-state index is 12.7. The molecule has 0 spiro atoms. The largest absolute Gasteiger partial charge is 0.336 e. The van der Waals surface area contributed by atoms with Crippen LogP contribution in [0.1, 0.15) is 28.5 Å². The predicted molar refractivity (Wildman–Crippen MR) is 93.5 cm³/mol. The third-order valence-electron chi connectivity index (χ3n) is 4.82. The van der Waals surface area contributed by atoms with E-state index in [9.17, 15) is 9.59 Å². The van der Waals surface area contributed by atoms with Crippen molar-refractivity contribution < 1.29 is 4.79 Å². The van der Waals surface area contributed by atoms with Crippen molar-refractivity contribution in [2.24, 2.45) is 7.05 Å².